The fraction of sp³-hybridized carbons (Fsp3) is 0.684. The van der Waals surface area contributed by atoms with Crippen LogP contribution in [0.5, 0.6) is 5.75 Å². The first-order chi connectivity index (χ1) is 23.4. The fourth-order valence-corrected chi connectivity index (χ4v) is 10.4. The van der Waals surface area contributed by atoms with E-state index in [9.17, 15) is 34.5 Å². The minimum atomic E-state index is -1.63. The Bertz CT molecular complexity index is 1490. The van der Waals surface area contributed by atoms with Crippen LogP contribution in [0.2, 0.25) is 0 Å². The molecular weight excluding hydrogens is 648 g/mol. The number of aliphatic hydroxyl groups excluding tert-OH is 2. The third kappa shape index (κ3) is 6.43. The summed E-state index contributed by atoms with van der Waals surface area (Å²) < 4.78 is 29.5. The molecule has 0 aliphatic heterocycles. The highest BCUT2D eigenvalue weighted by Crippen LogP contribution is 2.71. The Morgan fingerprint density at radius 3 is 2.10 bits per heavy atom. The van der Waals surface area contributed by atoms with E-state index in [-0.39, 0.29) is 6.42 Å². The average Bonchev–Trinajstić information content (AvgIpc) is 3.02. The van der Waals surface area contributed by atoms with Gasteiger partial charge < -0.3 is 39.0 Å². The first-order valence-corrected chi connectivity index (χ1v) is 17.3. The average molecular weight is 703 g/mol. The van der Waals surface area contributed by atoms with Crippen molar-refractivity contribution in [1.29, 1.82) is 0 Å². The number of aliphatic hydroxyl groups is 3. The molecule has 1 aromatic rings. The number of fused-ring (bicyclic) bond motifs is 3. The van der Waals surface area contributed by atoms with Gasteiger partial charge in [0.1, 0.15) is 24.1 Å². The van der Waals surface area contributed by atoms with Crippen molar-refractivity contribution >= 4 is 23.9 Å². The van der Waals surface area contributed by atoms with Gasteiger partial charge >= 0.3 is 23.9 Å². The van der Waals surface area contributed by atoms with Gasteiger partial charge in [0.25, 0.3) is 0 Å². The Morgan fingerprint density at radius 2 is 1.56 bits per heavy atom. The predicted octanol–water partition coefficient (Wildman–Crippen LogP) is 3.71. The minimum absolute atomic E-state index is 0.283. The van der Waals surface area contributed by atoms with Gasteiger partial charge in [-0.3, -0.25) is 19.2 Å². The van der Waals surface area contributed by atoms with Gasteiger partial charge in [-0.25, -0.2) is 0 Å². The second kappa shape index (κ2) is 14.6. The molecular formula is C38H54O12. The van der Waals surface area contributed by atoms with Crippen molar-refractivity contribution in [1.82, 2.24) is 0 Å². The third-order valence-electron chi connectivity index (χ3n) is 12.4. The molecule has 0 heterocycles. The van der Waals surface area contributed by atoms with Crippen LogP contribution in [0.15, 0.2) is 35.9 Å². The van der Waals surface area contributed by atoms with E-state index in [1.54, 1.807) is 20.1 Å². The summed E-state index contributed by atoms with van der Waals surface area (Å²) in [4.78, 5) is 51.0. The largest absolute Gasteiger partial charge is 0.496 e. The zero-order valence-corrected chi connectivity index (χ0v) is 30.7. The number of hydrogen-bond acceptors (Lipinski definition) is 12. The summed E-state index contributed by atoms with van der Waals surface area (Å²) in [6, 6.07) is 7.57. The smallest absolute Gasteiger partial charge is 0.303 e. The molecule has 278 valence electrons. The Balaban J connectivity index is 2.02. The first kappa shape index (κ1) is 39.3. The van der Waals surface area contributed by atoms with Gasteiger partial charge in [-0.1, -0.05) is 32.0 Å². The van der Waals surface area contributed by atoms with Crippen molar-refractivity contribution in [2.24, 2.45) is 34.0 Å². The van der Waals surface area contributed by atoms with Crippen molar-refractivity contribution in [2.45, 2.75) is 111 Å². The molecule has 3 aliphatic rings. The standard InChI is InChI=1S/C38H54O12/c1-21-18-31(48-24(4)42)36(8)29(38(21,45)17-14-27-12-10-11-13-28(27)46-9)15-16-35(7)30(19-39)37(20-40,22(2)47-23(3)41)34(50-26(6)44)32(33(35)36)49-25(5)43/h10-13,18,22,29-34,39-40,45H,14-17,19-20H2,1-9H3/t22?,29-,30+,31-,32+,33+,34+,35+,36-,37-,38+/m1/s1. The van der Waals surface area contributed by atoms with E-state index in [1.165, 1.54) is 27.7 Å². The van der Waals surface area contributed by atoms with Crippen LogP contribution >= 0.6 is 0 Å². The van der Waals surface area contributed by atoms with Crippen LogP contribution < -0.4 is 4.74 Å². The molecule has 0 amide bonds. The zero-order chi connectivity index (χ0) is 37.4. The molecule has 1 unspecified atom stereocenters. The van der Waals surface area contributed by atoms with Gasteiger partial charge in [-0.05, 0) is 68.2 Å². The van der Waals surface area contributed by atoms with E-state index in [0.29, 0.717) is 30.6 Å². The summed E-state index contributed by atoms with van der Waals surface area (Å²) >= 11 is 0. The summed E-state index contributed by atoms with van der Waals surface area (Å²) in [6.07, 6.45) is -1.50. The van der Waals surface area contributed by atoms with Crippen molar-refractivity contribution < 1.29 is 58.2 Å². The van der Waals surface area contributed by atoms with Crippen LogP contribution in [0.4, 0.5) is 0 Å². The maximum absolute atomic E-state index is 13.0. The lowest BCUT2D eigenvalue weighted by atomic mass is 9.35. The van der Waals surface area contributed by atoms with E-state index in [4.69, 9.17) is 23.7 Å². The number of carbonyl (C=O) groups is 4. The molecule has 0 saturated heterocycles. The van der Waals surface area contributed by atoms with Gasteiger partial charge in [0.15, 0.2) is 6.10 Å². The number of esters is 4. The summed E-state index contributed by atoms with van der Waals surface area (Å²) in [7, 11) is 1.59. The van der Waals surface area contributed by atoms with Gasteiger partial charge in [0.05, 0.1) is 24.7 Å². The van der Waals surface area contributed by atoms with E-state index in [1.807, 2.05) is 45.0 Å². The van der Waals surface area contributed by atoms with Crippen molar-refractivity contribution in [3.05, 3.63) is 41.5 Å². The van der Waals surface area contributed by atoms with Crippen molar-refractivity contribution in [3.63, 3.8) is 0 Å². The zero-order valence-electron chi connectivity index (χ0n) is 30.7. The lowest BCUT2D eigenvalue weighted by Crippen LogP contribution is -2.77. The summed E-state index contributed by atoms with van der Waals surface area (Å²) in [5.41, 5.74) is -3.75. The van der Waals surface area contributed by atoms with Gasteiger partial charge in [0, 0.05) is 57.5 Å². The van der Waals surface area contributed by atoms with E-state index < -0.39 is 101 Å². The van der Waals surface area contributed by atoms with E-state index >= 15 is 0 Å². The third-order valence-corrected chi connectivity index (χ3v) is 12.4. The monoisotopic (exact) mass is 702 g/mol. The second-order valence-corrected chi connectivity index (χ2v) is 14.9. The molecule has 0 radical (unpaired) electrons. The summed E-state index contributed by atoms with van der Waals surface area (Å²) in [6.45, 7) is 10.9. The lowest BCUT2D eigenvalue weighted by Gasteiger charge is -2.71. The molecule has 50 heavy (non-hydrogen) atoms. The van der Waals surface area contributed by atoms with Crippen LogP contribution in [0.1, 0.15) is 80.2 Å². The maximum atomic E-state index is 13.0. The highest BCUT2D eigenvalue weighted by molar-refractivity contribution is 5.68. The molecule has 0 aromatic heterocycles. The number of carbonyl (C=O) groups excluding carboxylic acids is 4. The first-order valence-electron chi connectivity index (χ1n) is 17.3. The highest BCUT2D eigenvalue weighted by atomic mass is 16.6. The van der Waals surface area contributed by atoms with Crippen LogP contribution in [-0.4, -0.2) is 89.5 Å². The molecule has 3 aliphatic carbocycles. The van der Waals surface area contributed by atoms with Crippen LogP contribution in [0, 0.1) is 34.0 Å². The number of rotatable bonds is 11. The summed E-state index contributed by atoms with van der Waals surface area (Å²) in [5.74, 6) is -4.28. The SMILES string of the molecule is COc1ccccc1CC[C@]1(O)C(C)=C[C@@H](OC(C)=O)[C@@]2(C)[C@H]1CC[C@@]1(C)[C@H](CO)[C@@](CO)(C(C)OC(C)=O)[C@@H](OC(C)=O)[C@@H](OC(C)=O)[C@@H]12. The van der Waals surface area contributed by atoms with E-state index in [2.05, 4.69) is 0 Å². The van der Waals surface area contributed by atoms with Crippen molar-refractivity contribution in [2.75, 3.05) is 20.3 Å². The van der Waals surface area contributed by atoms with Crippen LogP contribution in [-0.2, 0) is 44.5 Å². The Kier molecular flexibility index (Phi) is 11.5. The summed E-state index contributed by atoms with van der Waals surface area (Å²) in [5, 5.41) is 35.5. The number of aryl methyl sites for hydroxylation is 1. The van der Waals surface area contributed by atoms with Gasteiger partial charge in [0.2, 0.25) is 0 Å². The maximum Gasteiger partial charge on any atom is 0.303 e. The molecule has 2 saturated carbocycles. The quantitative estimate of drug-likeness (QED) is 0.174. The molecule has 2 fully saturated rings. The molecule has 0 bridgehead atoms. The number of benzene rings is 1. The van der Waals surface area contributed by atoms with Crippen molar-refractivity contribution in [3.8, 4) is 5.75 Å². The predicted molar refractivity (Wildman–Crippen MR) is 180 cm³/mol. The number of hydrogen-bond donors (Lipinski definition) is 3. The molecule has 12 nitrogen and oxygen atoms in total. The number of ether oxygens (including phenoxy) is 5. The van der Waals surface area contributed by atoms with Crippen LogP contribution in [0.3, 0.4) is 0 Å². The molecule has 3 N–H and O–H groups in total. The highest BCUT2D eigenvalue weighted by Gasteiger charge is 2.76. The van der Waals surface area contributed by atoms with Gasteiger partial charge in [-0.2, -0.15) is 0 Å². The lowest BCUT2D eigenvalue weighted by molar-refractivity contribution is -0.315. The fourth-order valence-electron chi connectivity index (χ4n) is 10.4. The molecule has 12 heteroatoms. The second-order valence-electron chi connectivity index (χ2n) is 14.9. The number of para-hydroxylation sites is 1. The van der Waals surface area contributed by atoms with Crippen LogP contribution in [0.25, 0.3) is 0 Å². The molecule has 1 aromatic carbocycles. The van der Waals surface area contributed by atoms with Gasteiger partial charge in [-0.15, -0.1) is 0 Å². The topological polar surface area (TPSA) is 175 Å². The minimum Gasteiger partial charge on any atom is -0.496 e. The number of methoxy groups -OCH3 is 1. The molecule has 11 atom stereocenters. The Morgan fingerprint density at radius 1 is 0.940 bits per heavy atom. The normalized spacial score (nSPS) is 36.8. The Labute approximate surface area is 294 Å². The molecule has 4 rings (SSSR count). The van der Waals surface area contributed by atoms with E-state index in [0.717, 1.165) is 5.56 Å². The Hall–Kier alpha value is -3.48. The molecule has 0 spiro atoms.